The molecular weight excluding hydrogens is 304 g/mol. The maximum Gasteiger partial charge on any atom is 0.219 e. The van der Waals surface area contributed by atoms with Gasteiger partial charge in [0.2, 0.25) is 5.91 Å². The van der Waals surface area contributed by atoms with Crippen molar-refractivity contribution in [2.75, 3.05) is 24.6 Å². The molecule has 2 aliphatic heterocycles. The van der Waals surface area contributed by atoms with E-state index in [1.165, 1.54) is 6.92 Å². The van der Waals surface area contributed by atoms with E-state index in [0.29, 0.717) is 19.6 Å². The molecule has 3 rings (SSSR count). The lowest BCUT2D eigenvalue weighted by atomic mass is 10.0. The van der Waals surface area contributed by atoms with Gasteiger partial charge in [-0.2, -0.15) is 0 Å². The number of hydrogen-bond acceptors (Lipinski definition) is 5. The van der Waals surface area contributed by atoms with E-state index in [1.807, 2.05) is 6.07 Å². The van der Waals surface area contributed by atoms with E-state index < -0.39 is 9.84 Å². The second-order valence-corrected chi connectivity index (χ2v) is 8.22. The number of rotatable bonds is 2. The third kappa shape index (κ3) is 2.96. The summed E-state index contributed by atoms with van der Waals surface area (Å²) in [7, 11) is -3.11. The Hall–Kier alpha value is -1.60. The molecule has 22 heavy (non-hydrogen) atoms. The molecule has 120 valence electrons. The number of phenols is 1. The van der Waals surface area contributed by atoms with Gasteiger partial charge in [0.1, 0.15) is 5.75 Å². The van der Waals surface area contributed by atoms with Crippen molar-refractivity contribution in [2.24, 2.45) is 0 Å². The Morgan fingerprint density at radius 2 is 2.00 bits per heavy atom. The highest BCUT2D eigenvalue weighted by atomic mass is 32.2. The minimum Gasteiger partial charge on any atom is -0.508 e. The van der Waals surface area contributed by atoms with Gasteiger partial charge < -0.3 is 10.0 Å². The van der Waals surface area contributed by atoms with Crippen molar-refractivity contribution in [1.29, 1.82) is 0 Å². The normalized spacial score (nSPS) is 27.6. The lowest BCUT2D eigenvalue weighted by molar-refractivity contribution is -0.134. The molecule has 0 saturated carbocycles. The Balaban J connectivity index is 1.83. The highest BCUT2D eigenvalue weighted by Crippen LogP contribution is 2.28. The quantitative estimate of drug-likeness (QED) is 0.842. The summed E-state index contributed by atoms with van der Waals surface area (Å²) in [6.07, 6.45) is 0. The molecule has 1 aromatic rings. The maximum atomic E-state index is 12.0. The minimum atomic E-state index is -3.11. The monoisotopic (exact) mass is 324 g/mol. The van der Waals surface area contributed by atoms with Gasteiger partial charge in [0.25, 0.3) is 0 Å². The first-order valence-corrected chi connectivity index (χ1v) is 9.17. The standard InChI is InChI=1S/C15H20N2O4S/c1-11(18)17-6-5-16(8-12-3-2-4-13(19)7-12)14-9-22(20,21)10-15(14)17/h2-4,7,14-15,19H,5-6,8-10H2,1H3/t14-,15+/m1/s1. The van der Waals surface area contributed by atoms with Crippen molar-refractivity contribution in [3.8, 4) is 5.75 Å². The van der Waals surface area contributed by atoms with Gasteiger partial charge in [0.15, 0.2) is 9.84 Å². The van der Waals surface area contributed by atoms with Crippen LogP contribution in [0.4, 0.5) is 0 Å². The first kappa shape index (κ1) is 15.3. The maximum absolute atomic E-state index is 12.0. The first-order chi connectivity index (χ1) is 10.4. The van der Waals surface area contributed by atoms with E-state index in [9.17, 15) is 18.3 Å². The van der Waals surface area contributed by atoms with Crippen LogP contribution < -0.4 is 0 Å². The molecule has 0 unspecified atom stereocenters. The van der Waals surface area contributed by atoms with Gasteiger partial charge in [-0.3, -0.25) is 9.69 Å². The predicted molar refractivity (Wildman–Crippen MR) is 82.1 cm³/mol. The molecule has 2 aliphatic rings. The molecule has 2 saturated heterocycles. The van der Waals surface area contributed by atoms with Crippen LogP contribution in [0, 0.1) is 0 Å². The summed E-state index contributed by atoms with van der Waals surface area (Å²) in [5.41, 5.74) is 0.944. The van der Waals surface area contributed by atoms with Gasteiger partial charge in [0, 0.05) is 32.6 Å². The number of carbonyl (C=O) groups excluding carboxylic acids is 1. The Kier molecular flexibility index (Phi) is 3.86. The minimum absolute atomic E-state index is 0.0494. The van der Waals surface area contributed by atoms with E-state index in [0.717, 1.165) is 5.56 Å². The summed E-state index contributed by atoms with van der Waals surface area (Å²) in [6.45, 7) is 3.26. The molecule has 1 amide bonds. The van der Waals surface area contributed by atoms with Gasteiger partial charge in [-0.1, -0.05) is 12.1 Å². The zero-order chi connectivity index (χ0) is 15.9. The van der Waals surface area contributed by atoms with Crippen molar-refractivity contribution in [3.63, 3.8) is 0 Å². The average Bonchev–Trinajstić information content (AvgIpc) is 2.74. The molecule has 7 heteroatoms. The zero-order valence-corrected chi connectivity index (χ0v) is 13.3. The van der Waals surface area contributed by atoms with Gasteiger partial charge in [0.05, 0.1) is 17.5 Å². The summed E-state index contributed by atoms with van der Waals surface area (Å²) < 4.78 is 24.0. The summed E-state index contributed by atoms with van der Waals surface area (Å²) in [6, 6.07) is 6.57. The van der Waals surface area contributed by atoms with Crippen LogP contribution in [-0.4, -0.2) is 65.9 Å². The summed E-state index contributed by atoms with van der Waals surface area (Å²) >= 11 is 0. The number of sulfone groups is 1. The summed E-state index contributed by atoms with van der Waals surface area (Å²) in [4.78, 5) is 15.5. The second kappa shape index (κ2) is 5.55. The van der Waals surface area contributed by atoms with Crippen LogP contribution in [0.25, 0.3) is 0 Å². The fourth-order valence-electron chi connectivity index (χ4n) is 3.50. The third-order valence-corrected chi connectivity index (χ3v) is 6.19. The van der Waals surface area contributed by atoms with Gasteiger partial charge >= 0.3 is 0 Å². The SMILES string of the molecule is CC(=O)N1CCN(Cc2cccc(O)c2)[C@@H]2CS(=O)(=O)C[C@@H]21. The zero-order valence-electron chi connectivity index (χ0n) is 12.5. The van der Waals surface area contributed by atoms with Crippen LogP contribution in [0.3, 0.4) is 0 Å². The number of amides is 1. The Bertz CT molecular complexity index is 689. The van der Waals surface area contributed by atoms with Crippen molar-refractivity contribution >= 4 is 15.7 Å². The number of hydrogen-bond donors (Lipinski definition) is 1. The number of nitrogens with zero attached hydrogens (tertiary/aromatic N) is 2. The number of phenolic OH excluding ortho intramolecular Hbond substituents is 1. The number of fused-ring (bicyclic) bond motifs is 1. The lowest BCUT2D eigenvalue weighted by Gasteiger charge is -2.43. The first-order valence-electron chi connectivity index (χ1n) is 7.35. The topological polar surface area (TPSA) is 77.9 Å². The van der Waals surface area contributed by atoms with Crippen molar-refractivity contribution in [2.45, 2.75) is 25.6 Å². The van der Waals surface area contributed by atoms with Gasteiger partial charge in [-0.25, -0.2) is 8.42 Å². The molecule has 2 fully saturated rings. The largest absolute Gasteiger partial charge is 0.508 e. The van der Waals surface area contributed by atoms with E-state index in [4.69, 9.17) is 0 Å². The fourth-order valence-corrected chi connectivity index (χ4v) is 5.51. The van der Waals surface area contributed by atoms with Crippen molar-refractivity contribution < 1.29 is 18.3 Å². The van der Waals surface area contributed by atoms with E-state index >= 15 is 0 Å². The van der Waals surface area contributed by atoms with Crippen LogP contribution >= 0.6 is 0 Å². The Morgan fingerprint density at radius 3 is 2.68 bits per heavy atom. The molecule has 2 heterocycles. The van der Waals surface area contributed by atoms with Crippen LogP contribution in [0.15, 0.2) is 24.3 Å². The molecular formula is C15H20N2O4S. The number of aromatic hydroxyl groups is 1. The van der Waals surface area contributed by atoms with Crippen molar-refractivity contribution in [1.82, 2.24) is 9.80 Å². The molecule has 0 bridgehead atoms. The molecule has 0 aromatic heterocycles. The number of benzene rings is 1. The Labute approximate surface area is 130 Å². The third-order valence-electron chi connectivity index (χ3n) is 4.49. The van der Waals surface area contributed by atoms with E-state index in [1.54, 1.807) is 23.1 Å². The number of piperazine rings is 1. The predicted octanol–water partition coefficient (Wildman–Crippen LogP) is 0.222. The van der Waals surface area contributed by atoms with Crippen LogP contribution in [0.2, 0.25) is 0 Å². The summed E-state index contributed by atoms with van der Waals surface area (Å²) in [5, 5.41) is 9.56. The van der Waals surface area contributed by atoms with Gasteiger partial charge in [-0.15, -0.1) is 0 Å². The van der Waals surface area contributed by atoms with Crippen molar-refractivity contribution in [3.05, 3.63) is 29.8 Å². The van der Waals surface area contributed by atoms with E-state index in [2.05, 4.69) is 4.90 Å². The highest BCUT2D eigenvalue weighted by Gasteiger charge is 2.47. The molecule has 1 aromatic carbocycles. The second-order valence-electron chi connectivity index (χ2n) is 6.06. The van der Waals surface area contributed by atoms with Gasteiger partial charge in [-0.05, 0) is 17.7 Å². The molecule has 1 N–H and O–H groups in total. The molecule has 0 aliphatic carbocycles. The molecule has 0 spiro atoms. The fraction of sp³-hybridized carbons (Fsp3) is 0.533. The average molecular weight is 324 g/mol. The van der Waals surface area contributed by atoms with Crippen LogP contribution in [0.5, 0.6) is 5.75 Å². The number of carbonyl (C=O) groups is 1. The molecule has 2 atom stereocenters. The summed E-state index contributed by atoms with van der Waals surface area (Å²) in [5.74, 6) is 0.285. The highest BCUT2D eigenvalue weighted by molar-refractivity contribution is 7.91. The molecule has 6 nitrogen and oxygen atoms in total. The van der Waals surface area contributed by atoms with Crippen LogP contribution in [0.1, 0.15) is 12.5 Å². The lowest BCUT2D eigenvalue weighted by Crippen LogP contribution is -2.59. The van der Waals surface area contributed by atoms with E-state index in [-0.39, 0.29) is 35.2 Å². The van der Waals surface area contributed by atoms with Crippen LogP contribution in [-0.2, 0) is 21.2 Å². The molecule has 0 radical (unpaired) electrons. The Morgan fingerprint density at radius 1 is 1.27 bits per heavy atom. The smallest absolute Gasteiger partial charge is 0.219 e.